The zero-order valence-electron chi connectivity index (χ0n) is 28.2. The minimum atomic E-state index is -2.02. The van der Waals surface area contributed by atoms with Gasteiger partial charge in [0.2, 0.25) is 30.0 Å². The fourth-order valence-corrected chi connectivity index (χ4v) is 6.25. The smallest absolute Gasteiger partial charge is 0.239 e. The minimum Gasteiger partial charge on any atom is -0.507 e. The lowest BCUT2D eigenvalue weighted by atomic mass is 9.99. The number of aromatic hydroxyl groups is 2. The summed E-state index contributed by atoms with van der Waals surface area (Å²) < 4.78 is 38.8. The molecule has 0 radical (unpaired) electrons. The van der Waals surface area contributed by atoms with Crippen LogP contribution >= 0.6 is 0 Å². The van der Waals surface area contributed by atoms with Crippen LogP contribution in [0.3, 0.4) is 0 Å². The second-order valence-corrected chi connectivity index (χ2v) is 13.0. The van der Waals surface area contributed by atoms with Crippen LogP contribution in [0.5, 0.6) is 28.7 Å². The van der Waals surface area contributed by atoms with E-state index in [1.807, 2.05) is 0 Å². The summed E-state index contributed by atoms with van der Waals surface area (Å²) >= 11 is 0. The third-order valence-corrected chi connectivity index (χ3v) is 9.40. The van der Waals surface area contributed by atoms with Crippen LogP contribution in [0, 0.1) is 0 Å². The molecule has 2 aromatic carbocycles. The van der Waals surface area contributed by atoms with Crippen molar-refractivity contribution >= 4 is 11.0 Å². The fraction of sp³-hybridized carbons (Fsp3) is 0.545. The van der Waals surface area contributed by atoms with Crippen LogP contribution in [0.4, 0.5) is 0 Å². The first-order valence-electron chi connectivity index (χ1n) is 16.7. The first-order chi connectivity index (χ1) is 26.1. The number of aliphatic hydroxyl groups excluding tert-OH is 12. The third kappa shape index (κ3) is 7.63. The number of hydrogen-bond donors (Lipinski definition) is 14. The summed E-state index contributed by atoms with van der Waals surface area (Å²) in [7, 11) is 0. The molecular weight excluding hydrogens is 748 g/mol. The Labute approximate surface area is 307 Å². The Morgan fingerprint density at radius 1 is 0.545 bits per heavy atom. The predicted molar refractivity (Wildman–Crippen MR) is 174 cm³/mol. The van der Waals surface area contributed by atoms with Crippen LogP contribution in [0.2, 0.25) is 0 Å². The summed E-state index contributed by atoms with van der Waals surface area (Å²) in [5, 5.41) is 143. The Morgan fingerprint density at radius 2 is 1.02 bits per heavy atom. The molecule has 0 amide bonds. The average molecular weight is 789 g/mol. The molecule has 0 bridgehead atoms. The van der Waals surface area contributed by atoms with Crippen molar-refractivity contribution in [2.45, 2.75) is 92.1 Å². The quantitative estimate of drug-likeness (QED) is 0.0910. The van der Waals surface area contributed by atoms with Crippen LogP contribution in [0.1, 0.15) is 0 Å². The molecule has 0 unspecified atom stereocenters. The lowest BCUT2D eigenvalue weighted by Crippen LogP contribution is -2.60. The van der Waals surface area contributed by atoms with Crippen molar-refractivity contribution in [2.75, 3.05) is 19.8 Å². The standard InChI is InChI=1S/C33H40O22/c34-6-15-19(39)23(43)26(46)31(52-15)49-10-4-12(38)18-14(5-10)50-29(30(22(18)42)55-33-28(48)25(45)21(41)17(8-36)54-33)9-1-2-13(11(37)3-9)51-32-27(47)24(44)20(40)16(7-35)53-32/h1-5,15-17,19-21,23-28,31-41,43-48H,6-8H2/t15-,16+,17+,19+,20+,21+,23-,24+,25-,26+,27+,28+,31+,32+,33-/m0/s1. The van der Waals surface area contributed by atoms with Crippen LogP contribution in [0.25, 0.3) is 22.3 Å². The van der Waals surface area contributed by atoms with Gasteiger partial charge in [0, 0.05) is 17.7 Å². The van der Waals surface area contributed by atoms with Gasteiger partial charge in [-0.25, -0.2) is 0 Å². The summed E-state index contributed by atoms with van der Waals surface area (Å²) in [5.41, 5.74) is -1.77. The maximum atomic E-state index is 14.1. The van der Waals surface area contributed by atoms with E-state index in [4.69, 9.17) is 32.8 Å². The molecule has 3 fully saturated rings. The number of rotatable bonds is 10. The van der Waals surface area contributed by atoms with E-state index in [9.17, 15) is 76.3 Å². The Morgan fingerprint density at radius 3 is 1.49 bits per heavy atom. The van der Waals surface area contributed by atoms with E-state index < -0.39 is 151 Å². The van der Waals surface area contributed by atoms with Crippen molar-refractivity contribution in [3.8, 4) is 40.1 Å². The summed E-state index contributed by atoms with van der Waals surface area (Å²) in [5.74, 6) is -3.61. The Bertz CT molecular complexity index is 1870. The molecule has 55 heavy (non-hydrogen) atoms. The van der Waals surface area contributed by atoms with E-state index in [2.05, 4.69) is 0 Å². The highest BCUT2D eigenvalue weighted by Crippen LogP contribution is 2.41. The first kappa shape index (κ1) is 40.7. The van der Waals surface area contributed by atoms with Gasteiger partial charge in [0.25, 0.3) is 0 Å². The Balaban J connectivity index is 1.41. The number of hydrogen-bond acceptors (Lipinski definition) is 22. The number of phenolic OH excluding ortho intramolecular Hbond substituents is 2. The predicted octanol–water partition coefficient (Wildman–Crippen LogP) is -5.59. The van der Waals surface area contributed by atoms with Crippen LogP contribution < -0.4 is 19.6 Å². The van der Waals surface area contributed by atoms with Gasteiger partial charge >= 0.3 is 0 Å². The monoisotopic (exact) mass is 788 g/mol. The van der Waals surface area contributed by atoms with Crippen molar-refractivity contribution < 1.29 is 104 Å². The molecule has 14 N–H and O–H groups in total. The molecule has 22 heteroatoms. The molecule has 0 aliphatic carbocycles. The molecule has 3 aliphatic heterocycles. The van der Waals surface area contributed by atoms with Gasteiger partial charge in [-0.3, -0.25) is 4.79 Å². The van der Waals surface area contributed by atoms with E-state index in [1.54, 1.807) is 0 Å². The van der Waals surface area contributed by atoms with Gasteiger partial charge < -0.3 is 104 Å². The number of benzene rings is 2. The van der Waals surface area contributed by atoms with Gasteiger partial charge in [-0.2, -0.15) is 0 Å². The highest BCUT2D eigenvalue weighted by Gasteiger charge is 2.47. The molecule has 0 saturated carbocycles. The number of phenols is 2. The molecule has 6 rings (SSSR count). The minimum absolute atomic E-state index is 0.183. The van der Waals surface area contributed by atoms with Gasteiger partial charge in [0.1, 0.15) is 95.7 Å². The van der Waals surface area contributed by atoms with Crippen molar-refractivity contribution in [3.63, 3.8) is 0 Å². The second-order valence-electron chi connectivity index (χ2n) is 13.0. The molecule has 15 atom stereocenters. The summed E-state index contributed by atoms with van der Waals surface area (Å²) in [6.07, 6.45) is -26.1. The maximum Gasteiger partial charge on any atom is 0.239 e. The number of ether oxygens (including phenoxy) is 6. The van der Waals surface area contributed by atoms with Crippen LogP contribution in [-0.4, -0.2) is 183 Å². The molecule has 1 aromatic heterocycles. The van der Waals surface area contributed by atoms with Crippen LogP contribution in [-0.2, 0) is 14.2 Å². The zero-order chi connectivity index (χ0) is 40.0. The van der Waals surface area contributed by atoms with E-state index in [0.717, 1.165) is 24.3 Å². The molecule has 22 nitrogen and oxygen atoms in total. The maximum absolute atomic E-state index is 14.1. The van der Waals surface area contributed by atoms with Crippen molar-refractivity contribution in [1.29, 1.82) is 0 Å². The van der Waals surface area contributed by atoms with Gasteiger partial charge in [-0.05, 0) is 18.2 Å². The van der Waals surface area contributed by atoms with Crippen molar-refractivity contribution in [3.05, 3.63) is 40.6 Å². The third-order valence-electron chi connectivity index (χ3n) is 9.40. The van der Waals surface area contributed by atoms with E-state index in [1.165, 1.54) is 6.07 Å². The average Bonchev–Trinajstić information content (AvgIpc) is 3.16. The van der Waals surface area contributed by atoms with E-state index in [-0.39, 0.29) is 17.1 Å². The topological polar surface area (TPSA) is 369 Å². The number of fused-ring (bicyclic) bond motifs is 1. The summed E-state index contributed by atoms with van der Waals surface area (Å²) in [6, 6.07) is 5.14. The molecule has 3 aromatic rings. The van der Waals surface area contributed by atoms with Crippen LogP contribution in [0.15, 0.2) is 39.5 Å². The fourth-order valence-electron chi connectivity index (χ4n) is 6.25. The van der Waals surface area contributed by atoms with Gasteiger partial charge in [0.15, 0.2) is 17.3 Å². The van der Waals surface area contributed by atoms with E-state index in [0.29, 0.717) is 0 Å². The lowest BCUT2D eigenvalue weighted by Gasteiger charge is -2.39. The second kappa shape index (κ2) is 16.3. The van der Waals surface area contributed by atoms with Crippen molar-refractivity contribution in [1.82, 2.24) is 0 Å². The highest BCUT2D eigenvalue weighted by molar-refractivity contribution is 5.88. The Kier molecular flexibility index (Phi) is 12.0. The summed E-state index contributed by atoms with van der Waals surface area (Å²) in [4.78, 5) is 14.1. The Hall–Kier alpha value is -3.95. The molecule has 3 aliphatic rings. The first-order valence-corrected chi connectivity index (χ1v) is 16.7. The molecule has 3 saturated heterocycles. The van der Waals surface area contributed by atoms with E-state index >= 15 is 0 Å². The largest absolute Gasteiger partial charge is 0.507 e. The SMILES string of the molecule is O=c1c(O[C@@H]2O[C@H](CO)[C@@H](O)[C@H](O)[C@H]2O)c(-c2ccc(O[C@@H]3O[C@H](CO)[C@@H](O)[C@@H](O)[C@H]3O)c(O)c2)oc2cc(O[C@@H]3O[C@@H](CO)[C@@H](O)[C@H](O)[C@H]3O)cc(O)c12. The van der Waals surface area contributed by atoms with Gasteiger partial charge in [-0.1, -0.05) is 0 Å². The zero-order valence-corrected chi connectivity index (χ0v) is 28.2. The molecular formula is C33H40O22. The summed E-state index contributed by atoms with van der Waals surface area (Å²) in [6.45, 7) is -2.40. The molecule has 0 spiro atoms. The van der Waals surface area contributed by atoms with Crippen molar-refractivity contribution in [2.24, 2.45) is 0 Å². The van der Waals surface area contributed by atoms with Gasteiger partial charge in [-0.15, -0.1) is 0 Å². The van der Waals surface area contributed by atoms with Gasteiger partial charge in [0.05, 0.1) is 19.8 Å². The normalized spacial score (nSPS) is 36.8. The molecule has 304 valence electrons. The number of aliphatic hydroxyl groups is 12. The molecule has 4 heterocycles. The lowest BCUT2D eigenvalue weighted by molar-refractivity contribution is -0.277. The highest BCUT2D eigenvalue weighted by atomic mass is 16.7.